The first-order valence-electron chi connectivity index (χ1n) is 19.4. The highest BCUT2D eigenvalue weighted by molar-refractivity contribution is 7.90. The minimum absolute atomic E-state index is 0.0306. The van der Waals surface area contributed by atoms with Crippen molar-refractivity contribution < 1.29 is 35.9 Å². The van der Waals surface area contributed by atoms with Crippen LogP contribution in [0, 0.1) is 0 Å². The van der Waals surface area contributed by atoms with E-state index in [0.29, 0.717) is 54.9 Å². The smallest absolute Gasteiger partial charge is 0.435 e. The van der Waals surface area contributed by atoms with E-state index in [1.807, 2.05) is 41.8 Å². The number of ether oxygens (including phenoxy) is 1. The summed E-state index contributed by atoms with van der Waals surface area (Å²) >= 11 is 0. The van der Waals surface area contributed by atoms with Crippen LogP contribution in [0.25, 0.3) is 33.8 Å². The molecule has 3 aliphatic rings. The van der Waals surface area contributed by atoms with E-state index in [2.05, 4.69) is 15.1 Å². The van der Waals surface area contributed by atoms with Gasteiger partial charge in [-0.05, 0) is 105 Å². The van der Waals surface area contributed by atoms with Gasteiger partial charge in [-0.2, -0.15) is 18.3 Å². The lowest BCUT2D eigenvalue weighted by molar-refractivity contribution is -0.141. The summed E-state index contributed by atoms with van der Waals surface area (Å²) in [6.45, 7) is 6.39. The first-order chi connectivity index (χ1) is 26.6. The number of amides is 2. The SMILES string of the molecule is CCNC[C@@H]1CCCN1C(=O)c1c(C(F)(F)F)nn(C)c1C1=Cc2cc(OC)ccc2-c2c(C3CCCCC3)c3ccc(C(=O)NS(=O)(=O)C(C)C)cc3n2C1. The number of allylic oxidation sites excluding steroid dienone is 1. The molecule has 4 aromatic rings. The molecule has 7 rings (SSSR count). The maximum absolute atomic E-state index is 14.9. The Morgan fingerprint density at radius 2 is 1.77 bits per heavy atom. The van der Waals surface area contributed by atoms with Gasteiger partial charge in [0, 0.05) is 48.2 Å². The lowest BCUT2D eigenvalue weighted by atomic mass is 9.81. The zero-order chi connectivity index (χ0) is 40.1. The van der Waals surface area contributed by atoms with Crippen LogP contribution in [0.2, 0.25) is 0 Å². The number of halogens is 3. The van der Waals surface area contributed by atoms with Crippen molar-refractivity contribution in [3.05, 3.63) is 70.0 Å². The molecule has 0 radical (unpaired) electrons. The minimum atomic E-state index is -4.91. The maximum atomic E-state index is 14.9. The number of likely N-dealkylation sites (N-methyl/N-ethyl adjacent to an activating group) is 1. The molecule has 2 aromatic carbocycles. The number of likely N-dealkylation sites (tertiary alicyclic amines) is 1. The van der Waals surface area contributed by atoms with Gasteiger partial charge in [0.1, 0.15) is 5.75 Å². The molecular formula is C41H49F3N6O5S. The summed E-state index contributed by atoms with van der Waals surface area (Å²) < 4.78 is 81.3. The molecule has 2 amide bonds. The zero-order valence-electron chi connectivity index (χ0n) is 32.4. The van der Waals surface area contributed by atoms with E-state index in [0.717, 1.165) is 59.0 Å². The largest absolute Gasteiger partial charge is 0.497 e. The van der Waals surface area contributed by atoms with Crippen molar-refractivity contribution in [2.75, 3.05) is 26.7 Å². The zero-order valence-corrected chi connectivity index (χ0v) is 33.2. The van der Waals surface area contributed by atoms with Gasteiger partial charge in [-0.3, -0.25) is 14.3 Å². The molecule has 1 atom stereocenters. The van der Waals surface area contributed by atoms with Gasteiger partial charge in [-0.15, -0.1) is 0 Å². The van der Waals surface area contributed by atoms with Gasteiger partial charge < -0.3 is 19.5 Å². The lowest BCUT2D eigenvalue weighted by Crippen LogP contribution is -2.42. The average Bonchev–Trinajstić information content (AvgIpc) is 3.84. The van der Waals surface area contributed by atoms with Gasteiger partial charge in [0.25, 0.3) is 11.8 Å². The highest BCUT2D eigenvalue weighted by Crippen LogP contribution is 2.48. The van der Waals surface area contributed by atoms with Crippen molar-refractivity contribution in [3.8, 4) is 17.0 Å². The summed E-state index contributed by atoms with van der Waals surface area (Å²) in [5, 5.41) is 7.27. The van der Waals surface area contributed by atoms with Crippen LogP contribution in [0.4, 0.5) is 13.2 Å². The minimum Gasteiger partial charge on any atom is -0.497 e. The second-order valence-electron chi connectivity index (χ2n) is 15.4. The first kappa shape index (κ1) is 39.6. The predicted octanol–water partition coefficient (Wildman–Crippen LogP) is 7.35. The number of fused-ring (bicyclic) bond motifs is 5. The summed E-state index contributed by atoms with van der Waals surface area (Å²) in [4.78, 5) is 29.6. The fraction of sp³-hybridized carbons (Fsp3) is 0.488. The highest BCUT2D eigenvalue weighted by atomic mass is 32.2. The molecule has 1 saturated carbocycles. The fourth-order valence-electron chi connectivity index (χ4n) is 8.70. The summed E-state index contributed by atoms with van der Waals surface area (Å²) in [6.07, 6.45) is 3.31. The number of benzene rings is 2. The van der Waals surface area contributed by atoms with Crippen LogP contribution < -0.4 is 14.8 Å². The van der Waals surface area contributed by atoms with Crippen LogP contribution >= 0.6 is 0 Å². The standard InChI is InChI=1S/C41H49F3N6O5S/c1-6-45-22-29-13-10-18-49(29)40(52)35-36(48(4)46-38(35)41(42,43)44)28-19-27-20-30(55-5)15-17-31(27)37-34(25-11-8-7-9-12-25)32-16-14-26(21-33(32)50(37)23-28)39(51)47-56(53,54)24(2)3/h14-17,19-21,24-25,29,45H,6-13,18,22-23H2,1-5H3,(H,47,51)/t29-/m0/s1. The monoisotopic (exact) mass is 794 g/mol. The summed E-state index contributed by atoms with van der Waals surface area (Å²) in [5.74, 6) is -0.789. The van der Waals surface area contributed by atoms with Crippen molar-refractivity contribution in [3.63, 3.8) is 0 Å². The number of hydrogen-bond acceptors (Lipinski definition) is 7. The molecular weight excluding hydrogens is 746 g/mol. The molecule has 1 aliphatic carbocycles. The van der Waals surface area contributed by atoms with Crippen molar-refractivity contribution in [1.29, 1.82) is 0 Å². The number of sulfonamides is 1. The summed E-state index contributed by atoms with van der Waals surface area (Å²) in [7, 11) is -0.960. The number of rotatable bonds is 10. The summed E-state index contributed by atoms with van der Waals surface area (Å²) in [6, 6.07) is 10.5. The molecule has 2 aromatic heterocycles. The Balaban J connectivity index is 1.48. The quantitative estimate of drug-likeness (QED) is 0.172. The van der Waals surface area contributed by atoms with Gasteiger partial charge in [0.2, 0.25) is 10.0 Å². The second kappa shape index (κ2) is 15.4. The van der Waals surface area contributed by atoms with Crippen LogP contribution in [0.3, 0.4) is 0 Å². The first-order valence-corrected chi connectivity index (χ1v) is 21.0. The van der Waals surface area contributed by atoms with Gasteiger partial charge >= 0.3 is 6.18 Å². The van der Waals surface area contributed by atoms with Crippen LogP contribution in [0.15, 0.2) is 36.4 Å². The van der Waals surface area contributed by atoms with Crippen molar-refractivity contribution >= 4 is 44.4 Å². The van der Waals surface area contributed by atoms with E-state index in [-0.39, 0.29) is 29.8 Å². The normalized spacial score (nSPS) is 17.8. The number of hydrogen-bond donors (Lipinski definition) is 2. The number of methoxy groups -OCH3 is 1. The van der Waals surface area contributed by atoms with E-state index in [9.17, 15) is 31.2 Å². The van der Waals surface area contributed by atoms with Crippen molar-refractivity contribution in [2.24, 2.45) is 7.05 Å². The van der Waals surface area contributed by atoms with Crippen LogP contribution in [0.5, 0.6) is 5.75 Å². The van der Waals surface area contributed by atoms with E-state index in [4.69, 9.17) is 4.74 Å². The van der Waals surface area contributed by atoms with Crippen LogP contribution in [-0.2, 0) is 29.8 Å². The van der Waals surface area contributed by atoms with Crippen molar-refractivity contribution in [1.82, 2.24) is 29.3 Å². The Labute approximate surface area is 325 Å². The summed E-state index contributed by atoms with van der Waals surface area (Å²) in [5.41, 5.74) is 2.93. The van der Waals surface area contributed by atoms with E-state index < -0.39 is 44.5 Å². The Morgan fingerprint density at radius 1 is 1.02 bits per heavy atom. The Bertz CT molecular complexity index is 2320. The van der Waals surface area contributed by atoms with Crippen molar-refractivity contribution in [2.45, 2.75) is 95.6 Å². The molecule has 0 spiro atoms. The van der Waals surface area contributed by atoms with E-state index in [1.165, 1.54) is 20.9 Å². The molecule has 2 N–H and O–H groups in total. The average molecular weight is 795 g/mol. The molecule has 11 nitrogen and oxygen atoms in total. The maximum Gasteiger partial charge on any atom is 0.435 e. The van der Waals surface area contributed by atoms with Crippen LogP contribution in [-0.4, -0.2) is 77.5 Å². The topological polar surface area (TPSA) is 128 Å². The van der Waals surface area contributed by atoms with Gasteiger partial charge in [-0.25, -0.2) is 13.1 Å². The number of carbonyl (C=O) groups is 2. The number of carbonyl (C=O) groups excluding carboxylic acids is 2. The molecule has 0 bridgehead atoms. The third-order valence-electron chi connectivity index (χ3n) is 11.5. The Hall–Kier alpha value is -4.63. The molecule has 56 heavy (non-hydrogen) atoms. The van der Waals surface area contributed by atoms with Crippen LogP contribution in [0.1, 0.15) is 115 Å². The van der Waals surface area contributed by atoms with Gasteiger partial charge in [0.15, 0.2) is 5.69 Å². The van der Waals surface area contributed by atoms with E-state index in [1.54, 1.807) is 24.1 Å². The molecule has 15 heteroatoms. The number of aryl methyl sites for hydroxylation is 1. The predicted molar refractivity (Wildman–Crippen MR) is 210 cm³/mol. The third kappa shape index (κ3) is 7.23. The molecule has 1 saturated heterocycles. The lowest BCUT2D eigenvalue weighted by Gasteiger charge is -2.26. The third-order valence-corrected chi connectivity index (χ3v) is 13.2. The van der Waals surface area contributed by atoms with E-state index >= 15 is 0 Å². The number of alkyl halides is 3. The second-order valence-corrected chi connectivity index (χ2v) is 17.6. The molecule has 2 fully saturated rings. The Morgan fingerprint density at radius 3 is 2.45 bits per heavy atom. The Kier molecular flexibility index (Phi) is 10.9. The number of aromatic nitrogens is 3. The fourth-order valence-corrected chi connectivity index (χ4v) is 9.31. The van der Waals surface area contributed by atoms with Gasteiger partial charge in [-0.1, -0.05) is 32.3 Å². The molecule has 4 heterocycles. The number of nitrogens with one attached hydrogen (secondary N) is 2. The highest BCUT2D eigenvalue weighted by Gasteiger charge is 2.44. The molecule has 0 unspecified atom stereocenters. The number of nitrogens with zero attached hydrogens (tertiary/aromatic N) is 4. The van der Waals surface area contributed by atoms with Gasteiger partial charge in [0.05, 0.1) is 35.9 Å². The molecule has 300 valence electrons. The molecule has 2 aliphatic heterocycles.